The van der Waals surface area contributed by atoms with Gasteiger partial charge in [-0.25, -0.2) is 4.79 Å². The van der Waals surface area contributed by atoms with Crippen molar-refractivity contribution in [3.05, 3.63) is 15.8 Å². The van der Waals surface area contributed by atoms with Gasteiger partial charge in [0.1, 0.15) is 4.88 Å². The lowest BCUT2D eigenvalue weighted by atomic mass is 10.1. The van der Waals surface area contributed by atoms with Crippen LogP contribution in [0.2, 0.25) is 0 Å². The number of alkyl halides is 1. The van der Waals surface area contributed by atoms with Crippen molar-refractivity contribution in [2.75, 3.05) is 18.6 Å². The summed E-state index contributed by atoms with van der Waals surface area (Å²) in [5.74, 6) is -0.361. The maximum atomic E-state index is 12.2. The standard InChI is InChI=1S/C12H14BrNO3S/c1-7-6-18-10(12(16)17-2)9(7)14-5-3-4-8(13)11(14)15/h6,8H,3-5H2,1-2H3. The van der Waals surface area contributed by atoms with Crippen LogP contribution in [0.3, 0.4) is 0 Å². The van der Waals surface area contributed by atoms with Crippen LogP contribution in [0.4, 0.5) is 5.69 Å². The number of hydrogen-bond acceptors (Lipinski definition) is 4. The Kier molecular flexibility index (Phi) is 4.07. The quantitative estimate of drug-likeness (QED) is 0.618. The number of hydrogen-bond donors (Lipinski definition) is 0. The van der Waals surface area contributed by atoms with E-state index in [1.165, 1.54) is 18.4 Å². The van der Waals surface area contributed by atoms with E-state index in [9.17, 15) is 9.59 Å². The van der Waals surface area contributed by atoms with Crippen LogP contribution in [0.25, 0.3) is 0 Å². The highest BCUT2D eigenvalue weighted by Crippen LogP contribution is 2.35. The maximum Gasteiger partial charge on any atom is 0.350 e. The second-order valence-corrected chi connectivity index (χ2v) is 6.17. The molecule has 0 bridgehead atoms. The number of carbonyl (C=O) groups is 2. The highest BCUT2D eigenvalue weighted by atomic mass is 79.9. The van der Waals surface area contributed by atoms with Gasteiger partial charge in [-0.1, -0.05) is 15.9 Å². The first-order valence-corrected chi connectivity index (χ1v) is 7.47. The number of carbonyl (C=O) groups excluding carboxylic acids is 2. The summed E-state index contributed by atoms with van der Waals surface area (Å²) in [5, 5.41) is 1.88. The van der Waals surface area contributed by atoms with E-state index in [0.717, 1.165) is 18.4 Å². The third kappa shape index (κ3) is 2.31. The zero-order chi connectivity index (χ0) is 13.3. The van der Waals surface area contributed by atoms with Crippen LogP contribution in [-0.2, 0) is 9.53 Å². The van der Waals surface area contributed by atoms with Crippen molar-refractivity contribution < 1.29 is 14.3 Å². The molecule has 0 radical (unpaired) electrons. The SMILES string of the molecule is COC(=O)c1scc(C)c1N1CCCC(Br)C1=O. The average molecular weight is 332 g/mol. The van der Waals surface area contributed by atoms with E-state index in [0.29, 0.717) is 17.1 Å². The second-order valence-electron chi connectivity index (χ2n) is 4.19. The number of rotatable bonds is 2. The number of nitrogens with zero attached hydrogens (tertiary/aromatic N) is 1. The van der Waals surface area contributed by atoms with Gasteiger partial charge in [0, 0.05) is 6.54 Å². The molecular formula is C12H14BrNO3S. The summed E-state index contributed by atoms with van der Waals surface area (Å²) in [5.41, 5.74) is 1.65. The average Bonchev–Trinajstić information content (AvgIpc) is 2.74. The van der Waals surface area contributed by atoms with Crippen molar-refractivity contribution in [2.24, 2.45) is 0 Å². The molecule has 1 aliphatic rings. The van der Waals surface area contributed by atoms with E-state index in [4.69, 9.17) is 4.74 Å². The second kappa shape index (κ2) is 5.40. The number of thiophene rings is 1. The first-order valence-electron chi connectivity index (χ1n) is 5.68. The molecular weight excluding hydrogens is 318 g/mol. The highest BCUT2D eigenvalue weighted by molar-refractivity contribution is 9.10. The number of methoxy groups -OCH3 is 1. The Hall–Kier alpha value is -0.880. The fraction of sp³-hybridized carbons (Fsp3) is 0.500. The minimum Gasteiger partial charge on any atom is -0.465 e. The number of halogens is 1. The van der Waals surface area contributed by atoms with Gasteiger partial charge < -0.3 is 9.64 Å². The molecule has 0 spiro atoms. The van der Waals surface area contributed by atoms with Gasteiger partial charge in [0.15, 0.2) is 0 Å². The van der Waals surface area contributed by atoms with Crippen LogP contribution in [-0.4, -0.2) is 30.4 Å². The number of piperidine rings is 1. The fourth-order valence-electron chi connectivity index (χ4n) is 2.06. The Morgan fingerprint density at radius 2 is 2.33 bits per heavy atom. The summed E-state index contributed by atoms with van der Waals surface area (Å²) in [6, 6.07) is 0. The number of aryl methyl sites for hydroxylation is 1. The Balaban J connectivity index is 2.40. The van der Waals surface area contributed by atoms with E-state index in [1.807, 2.05) is 12.3 Å². The van der Waals surface area contributed by atoms with Crippen molar-refractivity contribution in [2.45, 2.75) is 24.6 Å². The minimum atomic E-state index is -0.382. The normalized spacial score (nSPS) is 20.1. The van der Waals surface area contributed by atoms with Crippen LogP contribution in [0.1, 0.15) is 28.1 Å². The van der Waals surface area contributed by atoms with Gasteiger partial charge in [-0.05, 0) is 30.7 Å². The molecule has 1 amide bonds. The van der Waals surface area contributed by atoms with Crippen LogP contribution >= 0.6 is 27.3 Å². The van der Waals surface area contributed by atoms with E-state index in [-0.39, 0.29) is 16.7 Å². The van der Waals surface area contributed by atoms with Gasteiger partial charge in [0.05, 0.1) is 17.6 Å². The molecule has 0 N–H and O–H groups in total. The molecule has 0 aromatic carbocycles. The van der Waals surface area contributed by atoms with Gasteiger partial charge in [-0.3, -0.25) is 4.79 Å². The van der Waals surface area contributed by atoms with Crippen LogP contribution < -0.4 is 4.90 Å². The molecule has 2 rings (SSSR count). The summed E-state index contributed by atoms with van der Waals surface area (Å²) in [4.78, 5) is 25.9. The van der Waals surface area contributed by atoms with E-state index >= 15 is 0 Å². The number of anilines is 1. The van der Waals surface area contributed by atoms with Gasteiger partial charge >= 0.3 is 5.97 Å². The van der Waals surface area contributed by atoms with Crippen LogP contribution in [0.15, 0.2) is 5.38 Å². The lowest BCUT2D eigenvalue weighted by molar-refractivity contribution is -0.118. The predicted molar refractivity (Wildman–Crippen MR) is 74.7 cm³/mol. The summed E-state index contributed by atoms with van der Waals surface area (Å²) < 4.78 is 4.76. The molecule has 1 saturated heterocycles. The molecule has 1 fully saturated rings. The molecule has 1 aromatic rings. The lowest BCUT2D eigenvalue weighted by Crippen LogP contribution is -2.42. The number of amides is 1. The van der Waals surface area contributed by atoms with Crippen molar-refractivity contribution >= 4 is 44.8 Å². The summed E-state index contributed by atoms with van der Waals surface area (Å²) in [6.07, 6.45) is 1.77. The van der Waals surface area contributed by atoms with Crippen LogP contribution in [0.5, 0.6) is 0 Å². The van der Waals surface area contributed by atoms with E-state index < -0.39 is 0 Å². The first-order chi connectivity index (χ1) is 8.56. The smallest absolute Gasteiger partial charge is 0.350 e. The molecule has 1 aliphatic heterocycles. The van der Waals surface area contributed by atoms with Gasteiger partial charge in [0.25, 0.3) is 0 Å². The largest absolute Gasteiger partial charge is 0.465 e. The Morgan fingerprint density at radius 3 is 3.00 bits per heavy atom. The van der Waals surface area contributed by atoms with Crippen molar-refractivity contribution in [1.29, 1.82) is 0 Å². The fourth-order valence-corrected chi connectivity index (χ4v) is 3.60. The minimum absolute atomic E-state index is 0.0212. The molecule has 1 atom stereocenters. The van der Waals surface area contributed by atoms with Crippen molar-refractivity contribution in [3.63, 3.8) is 0 Å². The molecule has 18 heavy (non-hydrogen) atoms. The van der Waals surface area contributed by atoms with Gasteiger partial charge in [-0.15, -0.1) is 11.3 Å². The third-order valence-electron chi connectivity index (χ3n) is 2.96. The zero-order valence-electron chi connectivity index (χ0n) is 10.2. The van der Waals surface area contributed by atoms with Crippen molar-refractivity contribution in [1.82, 2.24) is 0 Å². The zero-order valence-corrected chi connectivity index (χ0v) is 12.6. The molecule has 0 aliphatic carbocycles. The van der Waals surface area contributed by atoms with Gasteiger partial charge in [-0.2, -0.15) is 0 Å². The van der Waals surface area contributed by atoms with E-state index in [1.54, 1.807) is 4.90 Å². The Labute approximate surface area is 118 Å². The first kappa shape index (κ1) is 13.5. The summed E-state index contributed by atoms with van der Waals surface area (Å²) >= 11 is 4.70. The van der Waals surface area contributed by atoms with E-state index in [2.05, 4.69) is 15.9 Å². The molecule has 0 saturated carbocycles. The molecule has 2 heterocycles. The molecule has 1 aromatic heterocycles. The molecule has 98 valence electrons. The molecule has 6 heteroatoms. The van der Waals surface area contributed by atoms with Crippen LogP contribution in [0, 0.1) is 6.92 Å². The monoisotopic (exact) mass is 331 g/mol. The molecule has 1 unspecified atom stereocenters. The highest BCUT2D eigenvalue weighted by Gasteiger charge is 2.32. The number of esters is 1. The van der Waals surface area contributed by atoms with Gasteiger partial charge in [0.2, 0.25) is 5.91 Å². The lowest BCUT2D eigenvalue weighted by Gasteiger charge is -2.30. The maximum absolute atomic E-state index is 12.2. The third-order valence-corrected chi connectivity index (χ3v) is 4.87. The molecule has 4 nitrogen and oxygen atoms in total. The predicted octanol–water partition coefficient (Wildman–Crippen LogP) is 2.73. The van der Waals surface area contributed by atoms with Crippen molar-refractivity contribution in [3.8, 4) is 0 Å². The summed E-state index contributed by atoms with van der Waals surface area (Å²) in [7, 11) is 1.35. The summed E-state index contributed by atoms with van der Waals surface area (Å²) in [6.45, 7) is 2.56. The topological polar surface area (TPSA) is 46.6 Å². The number of ether oxygens (including phenoxy) is 1. The Bertz CT molecular complexity index is 486. The Morgan fingerprint density at radius 1 is 1.61 bits per heavy atom.